The number of carboxylic acids is 2. The van der Waals surface area contributed by atoms with E-state index in [1.165, 1.54) is 24.3 Å². The molecule has 0 aromatic heterocycles. The fourth-order valence-corrected chi connectivity index (χ4v) is 2.32. The minimum atomic E-state index is -1.80. The molecule has 0 saturated carbocycles. The summed E-state index contributed by atoms with van der Waals surface area (Å²) >= 11 is 0. The van der Waals surface area contributed by atoms with Gasteiger partial charge in [-0.25, -0.2) is 19.6 Å². The first-order valence-electron chi connectivity index (χ1n) is 8.78. The fourth-order valence-electron chi connectivity index (χ4n) is 2.32. The lowest BCUT2D eigenvalue weighted by molar-refractivity contribution is -0.991. The number of carboxylic acid groups (broad SMARTS) is 2. The first kappa shape index (κ1) is 24.8. The molecule has 0 aliphatic carbocycles. The quantitative estimate of drug-likeness (QED) is 0.274. The molecular formula is C18H24N2O10. The van der Waals surface area contributed by atoms with Gasteiger partial charge in [0.1, 0.15) is 11.6 Å². The number of para-hydroxylation sites is 1. The minimum absolute atomic E-state index is 0.174. The van der Waals surface area contributed by atoms with Crippen molar-refractivity contribution in [2.24, 2.45) is 0 Å². The predicted octanol–water partition coefficient (Wildman–Crippen LogP) is 0.517. The normalized spacial score (nSPS) is 14.2. The second kappa shape index (κ2) is 10.5. The highest BCUT2D eigenvalue weighted by molar-refractivity contribution is 5.84. The molecule has 0 bridgehead atoms. The molecule has 30 heavy (non-hydrogen) atoms. The van der Waals surface area contributed by atoms with E-state index < -0.39 is 59.8 Å². The Morgan fingerprint density at radius 1 is 1.17 bits per heavy atom. The standard InChI is InChI=1S/C18H24N2O10/c1-18(2,3)30-16(25)14(10-6-4-5-7-12(10)20(27)28)29-17(26)19-11(15(23)24)8-9-13(21)22/h4-7,11,14,20,27H,8-9H2,1-3H3,(H,19,26)(H,21,22)(H,23,24)/t11-,14?/m0/s1. The number of hydrogen-bond donors (Lipinski definition) is 5. The van der Waals surface area contributed by atoms with E-state index in [-0.39, 0.29) is 11.3 Å². The van der Waals surface area contributed by atoms with Crippen molar-refractivity contribution in [2.45, 2.75) is 51.4 Å². The summed E-state index contributed by atoms with van der Waals surface area (Å²) in [5, 5.41) is 39.2. The molecule has 0 fully saturated rings. The van der Waals surface area contributed by atoms with Crippen LogP contribution >= 0.6 is 0 Å². The van der Waals surface area contributed by atoms with E-state index in [1.807, 2.05) is 5.32 Å². The van der Waals surface area contributed by atoms with Crippen molar-refractivity contribution in [3.8, 4) is 0 Å². The van der Waals surface area contributed by atoms with Gasteiger partial charge in [0.25, 0.3) is 0 Å². The Labute approximate surface area is 171 Å². The van der Waals surface area contributed by atoms with Crippen molar-refractivity contribution < 1.29 is 49.3 Å². The number of quaternary nitrogens is 1. The number of benzene rings is 1. The van der Waals surface area contributed by atoms with E-state index >= 15 is 0 Å². The highest BCUT2D eigenvalue weighted by atomic mass is 16.8. The number of amides is 1. The Balaban J connectivity index is 3.14. The van der Waals surface area contributed by atoms with Gasteiger partial charge in [-0.2, -0.15) is 5.23 Å². The minimum Gasteiger partial charge on any atom is -0.595 e. The zero-order valence-electron chi connectivity index (χ0n) is 16.6. The number of esters is 1. The number of carbonyl (C=O) groups excluding carboxylic acids is 2. The molecule has 2 unspecified atom stereocenters. The SMILES string of the molecule is CC(C)(C)OC(=O)C(OC(=O)N[C@@H](CCC(=O)O)C(=O)O)c1ccccc1[NH+]([O-])O. The lowest BCUT2D eigenvalue weighted by atomic mass is 10.1. The molecule has 166 valence electrons. The summed E-state index contributed by atoms with van der Waals surface area (Å²) in [6.07, 6.45) is -4.12. The summed E-state index contributed by atoms with van der Waals surface area (Å²) in [5.41, 5.74) is -1.48. The molecule has 0 spiro atoms. The third kappa shape index (κ3) is 8.03. The van der Waals surface area contributed by atoms with Crippen LogP contribution in [0.5, 0.6) is 0 Å². The third-order valence-electron chi connectivity index (χ3n) is 3.56. The van der Waals surface area contributed by atoms with Gasteiger partial charge in [0, 0.05) is 12.5 Å². The maximum absolute atomic E-state index is 12.6. The lowest BCUT2D eigenvalue weighted by Gasteiger charge is -2.26. The van der Waals surface area contributed by atoms with Crippen molar-refractivity contribution in [1.82, 2.24) is 5.32 Å². The first-order chi connectivity index (χ1) is 13.8. The molecule has 1 rings (SSSR count). The summed E-state index contributed by atoms with van der Waals surface area (Å²) in [5.74, 6) is -3.84. The second-order valence-corrected chi connectivity index (χ2v) is 7.18. The van der Waals surface area contributed by atoms with E-state index in [4.69, 9.17) is 19.7 Å². The van der Waals surface area contributed by atoms with Gasteiger partial charge in [0.2, 0.25) is 6.10 Å². The largest absolute Gasteiger partial charge is 0.595 e. The van der Waals surface area contributed by atoms with Crippen LogP contribution in [0.25, 0.3) is 0 Å². The average molecular weight is 428 g/mol. The molecule has 1 aromatic rings. The monoisotopic (exact) mass is 428 g/mol. The predicted molar refractivity (Wildman–Crippen MR) is 98.7 cm³/mol. The van der Waals surface area contributed by atoms with Crippen LogP contribution in [0.15, 0.2) is 24.3 Å². The van der Waals surface area contributed by atoms with Crippen molar-refractivity contribution >= 4 is 29.7 Å². The molecule has 0 aliphatic heterocycles. The van der Waals surface area contributed by atoms with E-state index in [2.05, 4.69) is 0 Å². The van der Waals surface area contributed by atoms with E-state index in [1.54, 1.807) is 20.8 Å². The van der Waals surface area contributed by atoms with Gasteiger partial charge in [-0.1, -0.05) is 12.1 Å². The van der Waals surface area contributed by atoms with Crippen LogP contribution in [0.2, 0.25) is 0 Å². The van der Waals surface area contributed by atoms with Crippen molar-refractivity contribution in [3.63, 3.8) is 0 Å². The Kier molecular flexibility index (Phi) is 8.71. The second-order valence-electron chi connectivity index (χ2n) is 7.18. The van der Waals surface area contributed by atoms with E-state index in [0.29, 0.717) is 0 Å². The number of carbonyl (C=O) groups is 4. The lowest BCUT2D eigenvalue weighted by Crippen LogP contribution is -2.99. The summed E-state index contributed by atoms with van der Waals surface area (Å²) in [4.78, 5) is 46.7. The molecule has 0 saturated heterocycles. The Hall–Kier alpha value is -3.22. The van der Waals surface area contributed by atoms with Gasteiger partial charge in [-0.3, -0.25) is 4.79 Å². The molecule has 0 heterocycles. The Morgan fingerprint density at radius 3 is 2.27 bits per heavy atom. The van der Waals surface area contributed by atoms with Crippen LogP contribution < -0.4 is 10.5 Å². The van der Waals surface area contributed by atoms with Crippen molar-refractivity contribution in [1.29, 1.82) is 0 Å². The molecule has 0 aliphatic rings. The van der Waals surface area contributed by atoms with Crippen molar-refractivity contribution in [2.75, 3.05) is 0 Å². The van der Waals surface area contributed by atoms with Gasteiger partial charge in [0.05, 0.1) is 5.56 Å². The van der Waals surface area contributed by atoms with Gasteiger partial charge in [-0.05, 0) is 33.3 Å². The molecule has 5 N–H and O–H groups in total. The first-order valence-corrected chi connectivity index (χ1v) is 8.78. The summed E-state index contributed by atoms with van der Waals surface area (Å²) in [6.45, 7) is 4.66. The van der Waals surface area contributed by atoms with Crippen molar-refractivity contribution in [3.05, 3.63) is 35.0 Å². The maximum Gasteiger partial charge on any atom is 0.409 e. The highest BCUT2D eigenvalue weighted by Gasteiger charge is 2.34. The van der Waals surface area contributed by atoms with Crippen LogP contribution in [0.4, 0.5) is 10.5 Å². The van der Waals surface area contributed by atoms with Crippen LogP contribution in [-0.2, 0) is 23.9 Å². The smallest absolute Gasteiger partial charge is 0.409 e. The van der Waals surface area contributed by atoms with Gasteiger partial charge >= 0.3 is 24.0 Å². The number of alkyl carbamates (subject to hydrolysis) is 1. The molecule has 1 amide bonds. The molecular weight excluding hydrogens is 404 g/mol. The number of nitrogens with one attached hydrogen (secondary N) is 2. The van der Waals surface area contributed by atoms with Crippen LogP contribution in [0.1, 0.15) is 45.3 Å². The van der Waals surface area contributed by atoms with Gasteiger partial charge in [0.15, 0.2) is 5.69 Å². The Morgan fingerprint density at radius 2 is 1.77 bits per heavy atom. The molecule has 1 aromatic carbocycles. The zero-order chi connectivity index (χ0) is 23.1. The summed E-state index contributed by atoms with van der Waals surface area (Å²) in [7, 11) is 0. The van der Waals surface area contributed by atoms with E-state index in [0.717, 1.165) is 0 Å². The van der Waals surface area contributed by atoms with Crippen LogP contribution in [0, 0.1) is 5.21 Å². The third-order valence-corrected chi connectivity index (χ3v) is 3.56. The molecule has 3 atom stereocenters. The number of ether oxygens (including phenoxy) is 2. The summed E-state index contributed by atoms with van der Waals surface area (Å²) in [6, 6.07) is 3.69. The zero-order valence-corrected chi connectivity index (χ0v) is 16.6. The van der Waals surface area contributed by atoms with E-state index in [9.17, 15) is 29.6 Å². The van der Waals surface area contributed by atoms with Gasteiger partial charge < -0.3 is 30.2 Å². The molecule has 12 nitrogen and oxygen atoms in total. The van der Waals surface area contributed by atoms with Crippen LogP contribution in [0.3, 0.4) is 0 Å². The summed E-state index contributed by atoms with van der Waals surface area (Å²) < 4.78 is 10.2. The van der Waals surface area contributed by atoms with Gasteiger partial charge in [-0.15, -0.1) is 0 Å². The highest BCUT2D eigenvalue weighted by Crippen LogP contribution is 2.27. The Bertz CT molecular complexity index is 787. The molecule has 0 radical (unpaired) electrons. The van der Waals surface area contributed by atoms with Crippen LogP contribution in [-0.4, -0.2) is 51.1 Å². The molecule has 12 heteroatoms. The number of hydrogen-bond acceptors (Lipinski definition) is 8. The number of rotatable bonds is 9. The number of aliphatic carboxylic acids is 2. The maximum atomic E-state index is 12.6. The average Bonchev–Trinajstić information content (AvgIpc) is 2.61. The topological polar surface area (TPSA) is 187 Å². The fraction of sp³-hybridized carbons (Fsp3) is 0.444.